The zero-order valence-corrected chi connectivity index (χ0v) is 16.2. The monoisotopic (exact) mass is 365 g/mol. The molecule has 2 aliphatic heterocycles. The van der Waals surface area contributed by atoms with Crippen LogP contribution in [0.25, 0.3) is 0 Å². The van der Waals surface area contributed by atoms with E-state index >= 15 is 0 Å². The van der Waals surface area contributed by atoms with Crippen LogP contribution in [-0.2, 0) is 4.74 Å². The SMILES string of the molecule is COCCCN1CCC2NNC(C(c3ccccc3)c3ccccc3)C2C1. The Balaban J connectivity index is 1.57. The van der Waals surface area contributed by atoms with Crippen molar-refractivity contribution in [2.45, 2.75) is 30.8 Å². The molecule has 27 heavy (non-hydrogen) atoms. The van der Waals surface area contributed by atoms with E-state index in [9.17, 15) is 0 Å². The van der Waals surface area contributed by atoms with Gasteiger partial charge in [0.2, 0.25) is 0 Å². The third-order valence-corrected chi connectivity index (χ3v) is 6.14. The number of benzene rings is 2. The standard InChI is InChI=1S/C23H31N3O/c1-27-16-8-14-26-15-13-21-20(17-26)23(25-24-21)22(18-9-4-2-5-10-18)19-11-6-3-7-12-19/h2-7,9-12,20-25H,8,13-17H2,1H3. The molecule has 4 nitrogen and oxygen atoms in total. The minimum atomic E-state index is 0.355. The van der Waals surface area contributed by atoms with E-state index in [4.69, 9.17) is 4.74 Å². The van der Waals surface area contributed by atoms with Crippen molar-refractivity contribution < 1.29 is 4.74 Å². The summed E-state index contributed by atoms with van der Waals surface area (Å²) in [5.74, 6) is 0.959. The summed E-state index contributed by atoms with van der Waals surface area (Å²) in [6, 6.07) is 22.9. The minimum absolute atomic E-state index is 0.355. The van der Waals surface area contributed by atoms with Crippen LogP contribution in [0.1, 0.15) is 29.9 Å². The largest absolute Gasteiger partial charge is 0.385 e. The highest BCUT2D eigenvalue weighted by atomic mass is 16.5. The Morgan fingerprint density at radius 1 is 1.00 bits per heavy atom. The van der Waals surface area contributed by atoms with Crippen molar-refractivity contribution in [1.82, 2.24) is 15.8 Å². The van der Waals surface area contributed by atoms with Gasteiger partial charge in [0.05, 0.1) is 0 Å². The van der Waals surface area contributed by atoms with Crippen LogP contribution in [0, 0.1) is 5.92 Å². The number of nitrogens with zero attached hydrogens (tertiary/aromatic N) is 1. The van der Waals surface area contributed by atoms with E-state index in [1.54, 1.807) is 7.11 Å². The first kappa shape index (κ1) is 18.6. The Morgan fingerprint density at radius 3 is 2.30 bits per heavy atom. The van der Waals surface area contributed by atoms with E-state index < -0.39 is 0 Å². The zero-order chi connectivity index (χ0) is 18.5. The molecule has 2 saturated heterocycles. The number of hydrazine groups is 1. The number of rotatable bonds is 7. The van der Waals surface area contributed by atoms with Crippen LogP contribution in [0.4, 0.5) is 0 Å². The lowest BCUT2D eigenvalue weighted by Gasteiger charge is -2.38. The van der Waals surface area contributed by atoms with E-state index in [0.717, 1.165) is 26.1 Å². The summed E-state index contributed by atoms with van der Waals surface area (Å²) in [7, 11) is 1.79. The molecule has 2 aromatic carbocycles. The van der Waals surface area contributed by atoms with Crippen molar-refractivity contribution in [3.8, 4) is 0 Å². The number of hydrogen-bond donors (Lipinski definition) is 2. The van der Waals surface area contributed by atoms with Crippen molar-refractivity contribution >= 4 is 0 Å². The van der Waals surface area contributed by atoms with Crippen molar-refractivity contribution in [2.75, 3.05) is 33.4 Å². The summed E-state index contributed by atoms with van der Waals surface area (Å²) in [4.78, 5) is 2.62. The molecule has 0 radical (unpaired) electrons. The summed E-state index contributed by atoms with van der Waals surface area (Å²) >= 11 is 0. The Kier molecular flexibility index (Phi) is 6.20. The van der Waals surface area contributed by atoms with Crippen molar-refractivity contribution in [1.29, 1.82) is 0 Å². The first-order chi connectivity index (χ1) is 13.4. The molecule has 3 atom stereocenters. The molecule has 4 heteroatoms. The molecule has 0 bridgehead atoms. The predicted molar refractivity (Wildman–Crippen MR) is 110 cm³/mol. The average molecular weight is 366 g/mol. The molecule has 2 fully saturated rings. The molecular formula is C23H31N3O. The number of likely N-dealkylation sites (tertiary alicyclic amines) is 1. The van der Waals surface area contributed by atoms with Crippen molar-refractivity contribution in [3.63, 3.8) is 0 Å². The van der Waals surface area contributed by atoms with E-state index in [1.165, 1.54) is 24.1 Å². The number of piperidine rings is 1. The van der Waals surface area contributed by atoms with E-state index in [2.05, 4.69) is 76.4 Å². The molecular weight excluding hydrogens is 334 g/mol. The van der Waals surface area contributed by atoms with Crippen molar-refractivity contribution in [2.24, 2.45) is 5.92 Å². The number of ether oxygens (including phenoxy) is 1. The van der Waals surface area contributed by atoms with Gasteiger partial charge in [0.25, 0.3) is 0 Å². The number of fused-ring (bicyclic) bond motifs is 1. The smallest absolute Gasteiger partial charge is 0.0474 e. The normalized spacial score (nSPS) is 25.6. The van der Waals surface area contributed by atoms with Gasteiger partial charge < -0.3 is 9.64 Å². The fourth-order valence-corrected chi connectivity index (χ4v) is 4.80. The fourth-order valence-electron chi connectivity index (χ4n) is 4.80. The molecule has 0 spiro atoms. The van der Waals surface area contributed by atoms with Crippen LogP contribution in [-0.4, -0.2) is 50.3 Å². The van der Waals surface area contributed by atoms with Gasteiger partial charge in [-0.1, -0.05) is 60.7 Å². The zero-order valence-electron chi connectivity index (χ0n) is 16.2. The summed E-state index contributed by atoms with van der Waals surface area (Å²) in [6.45, 7) is 4.30. The Labute approximate surface area is 162 Å². The average Bonchev–Trinajstić information content (AvgIpc) is 3.13. The highest BCUT2D eigenvalue weighted by Crippen LogP contribution is 2.37. The first-order valence-electron chi connectivity index (χ1n) is 10.2. The molecule has 0 aliphatic carbocycles. The van der Waals surface area contributed by atoms with Gasteiger partial charge in [0, 0.05) is 50.7 Å². The van der Waals surface area contributed by atoms with Gasteiger partial charge in [-0.15, -0.1) is 0 Å². The summed E-state index contributed by atoms with van der Waals surface area (Å²) in [5, 5.41) is 0. The number of nitrogens with one attached hydrogen (secondary N) is 2. The van der Waals surface area contributed by atoms with Crippen LogP contribution >= 0.6 is 0 Å². The number of hydrogen-bond acceptors (Lipinski definition) is 4. The lowest BCUT2D eigenvalue weighted by molar-refractivity contribution is 0.128. The first-order valence-corrected chi connectivity index (χ1v) is 10.2. The second kappa shape index (κ2) is 8.98. The van der Waals surface area contributed by atoms with Crippen LogP contribution < -0.4 is 10.9 Å². The van der Waals surface area contributed by atoms with Crippen LogP contribution in [0.2, 0.25) is 0 Å². The summed E-state index contributed by atoms with van der Waals surface area (Å²) in [5.41, 5.74) is 10.1. The maximum atomic E-state index is 5.24. The highest BCUT2D eigenvalue weighted by Gasteiger charge is 2.43. The lowest BCUT2D eigenvalue weighted by atomic mass is 9.76. The second-order valence-electron chi connectivity index (χ2n) is 7.82. The van der Waals surface area contributed by atoms with Crippen LogP contribution in [0.5, 0.6) is 0 Å². The Hall–Kier alpha value is -1.72. The van der Waals surface area contributed by atoms with Gasteiger partial charge in [0.1, 0.15) is 0 Å². The molecule has 2 N–H and O–H groups in total. The Morgan fingerprint density at radius 2 is 1.67 bits per heavy atom. The lowest BCUT2D eigenvalue weighted by Crippen LogP contribution is -2.47. The second-order valence-corrected chi connectivity index (χ2v) is 7.82. The maximum Gasteiger partial charge on any atom is 0.0474 e. The molecule has 3 unspecified atom stereocenters. The minimum Gasteiger partial charge on any atom is -0.385 e. The van der Waals surface area contributed by atoms with Gasteiger partial charge in [-0.3, -0.25) is 10.9 Å². The van der Waals surface area contributed by atoms with Crippen LogP contribution in [0.15, 0.2) is 60.7 Å². The summed E-state index contributed by atoms with van der Waals surface area (Å²) < 4.78 is 5.24. The van der Waals surface area contributed by atoms with E-state index in [1.807, 2.05) is 0 Å². The highest BCUT2D eigenvalue weighted by molar-refractivity contribution is 5.35. The molecule has 2 aliphatic rings. The number of methoxy groups -OCH3 is 1. The Bertz CT molecular complexity index is 654. The van der Waals surface area contributed by atoms with Gasteiger partial charge >= 0.3 is 0 Å². The van der Waals surface area contributed by atoms with Crippen molar-refractivity contribution in [3.05, 3.63) is 71.8 Å². The molecule has 2 aromatic rings. The molecule has 2 heterocycles. The van der Waals surface area contributed by atoms with E-state index in [0.29, 0.717) is 23.9 Å². The molecule has 0 aromatic heterocycles. The van der Waals surface area contributed by atoms with Gasteiger partial charge in [0.15, 0.2) is 0 Å². The van der Waals surface area contributed by atoms with Gasteiger partial charge in [-0.05, 0) is 30.5 Å². The molecule has 0 amide bonds. The third kappa shape index (κ3) is 4.25. The molecule has 144 valence electrons. The maximum absolute atomic E-state index is 5.24. The topological polar surface area (TPSA) is 36.5 Å². The van der Waals surface area contributed by atoms with Crippen LogP contribution in [0.3, 0.4) is 0 Å². The van der Waals surface area contributed by atoms with E-state index in [-0.39, 0.29) is 0 Å². The molecule has 4 rings (SSSR count). The fraction of sp³-hybridized carbons (Fsp3) is 0.478. The quantitative estimate of drug-likeness (QED) is 0.740. The predicted octanol–water partition coefficient (Wildman–Crippen LogP) is 3.02. The molecule has 0 saturated carbocycles. The summed E-state index contributed by atoms with van der Waals surface area (Å²) in [6.07, 6.45) is 2.32. The van der Waals surface area contributed by atoms with Gasteiger partial charge in [-0.25, -0.2) is 0 Å². The van der Waals surface area contributed by atoms with Gasteiger partial charge in [-0.2, -0.15) is 0 Å². The third-order valence-electron chi connectivity index (χ3n) is 6.14.